The molecule has 5 nitrogen and oxygen atoms in total. The van der Waals surface area contributed by atoms with Crippen molar-refractivity contribution < 1.29 is 9.84 Å². The van der Waals surface area contributed by atoms with Crippen LogP contribution in [0.1, 0.15) is 6.42 Å². The summed E-state index contributed by atoms with van der Waals surface area (Å²) >= 11 is 0. The zero-order chi connectivity index (χ0) is 15.6. The number of hydrogen-bond acceptors (Lipinski definition) is 4. The van der Waals surface area contributed by atoms with Crippen molar-refractivity contribution in [2.45, 2.75) is 6.42 Å². The Bertz CT molecular complexity index is 805. The molecule has 1 fully saturated rings. The lowest BCUT2D eigenvalue weighted by molar-refractivity contribution is 0.263. The van der Waals surface area contributed by atoms with E-state index in [4.69, 9.17) is 4.74 Å². The molecule has 1 aliphatic rings. The molecule has 0 radical (unpaired) electrons. The summed E-state index contributed by atoms with van der Waals surface area (Å²) in [4.78, 5) is 0. The highest BCUT2D eigenvalue weighted by Gasteiger charge is 2.16. The maximum atomic E-state index is 9.46. The summed E-state index contributed by atoms with van der Waals surface area (Å²) in [5, 5.41) is 21.0. The number of aromatic amines is 1. The summed E-state index contributed by atoms with van der Waals surface area (Å²) in [5.41, 5.74) is 3.03. The number of aromatic nitrogens is 2. The van der Waals surface area contributed by atoms with Gasteiger partial charge in [0.25, 0.3) is 0 Å². The molecule has 4 rings (SSSR count). The molecule has 3 aromatic rings. The second-order valence-electron chi connectivity index (χ2n) is 6.02. The molecule has 3 N–H and O–H groups in total. The first-order valence-corrected chi connectivity index (χ1v) is 7.89. The van der Waals surface area contributed by atoms with Crippen molar-refractivity contribution in [2.24, 2.45) is 5.92 Å². The van der Waals surface area contributed by atoms with Gasteiger partial charge in [-0.25, -0.2) is 0 Å². The molecule has 1 aliphatic heterocycles. The lowest BCUT2D eigenvalue weighted by Gasteiger charge is -2.13. The van der Waals surface area contributed by atoms with E-state index in [1.54, 1.807) is 18.3 Å². The number of rotatable bonds is 4. The molecule has 1 aromatic heterocycles. The van der Waals surface area contributed by atoms with Crippen LogP contribution in [0, 0.1) is 5.92 Å². The van der Waals surface area contributed by atoms with Crippen LogP contribution in [0.25, 0.3) is 22.0 Å². The lowest BCUT2D eigenvalue weighted by Crippen LogP contribution is -2.15. The van der Waals surface area contributed by atoms with Crippen LogP contribution in [-0.4, -0.2) is 35.0 Å². The minimum absolute atomic E-state index is 0.265. The smallest absolute Gasteiger partial charge is 0.130 e. The third kappa shape index (κ3) is 2.87. The Kier molecular flexibility index (Phi) is 3.63. The highest BCUT2D eigenvalue weighted by Crippen LogP contribution is 2.32. The second kappa shape index (κ2) is 5.93. The summed E-state index contributed by atoms with van der Waals surface area (Å²) < 4.78 is 6.10. The number of benzene rings is 2. The Morgan fingerprint density at radius 3 is 2.83 bits per heavy atom. The van der Waals surface area contributed by atoms with Gasteiger partial charge in [-0.3, -0.25) is 5.10 Å². The van der Waals surface area contributed by atoms with Crippen molar-refractivity contribution >= 4 is 10.9 Å². The first kappa shape index (κ1) is 14.1. The van der Waals surface area contributed by atoms with Crippen molar-refractivity contribution in [1.82, 2.24) is 15.5 Å². The SMILES string of the molecule is Oc1ccc(-c2cc(OC[C@H]3CCNC3)c3cn[nH]c3c2)cc1. The van der Waals surface area contributed by atoms with Crippen LogP contribution in [0.15, 0.2) is 42.6 Å². The average Bonchev–Trinajstić information content (AvgIpc) is 3.24. The number of fused-ring (bicyclic) bond motifs is 1. The molecular formula is C18H19N3O2. The number of nitrogens with zero attached hydrogens (tertiary/aromatic N) is 1. The van der Waals surface area contributed by atoms with E-state index in [1.807, 2.05) is 18.2 Å². The normalized spacial score (nSPS) is 17.7. The summed E-state index contributed by atoms with van der Waals surface area (Å²) in [6, 6.07) is 11.3. The zero-order valence-corrected chi connectivity index (χ0v) is 12.7. The number of nitrogens with one attached hydrogen (secondary N) is 2. The second-order valence-corrected chi connectivity index (χ2v) is 6.02. The molecule has 5 heteroatoms. The van der Waals surface area contributed by atoms with E-state index in [0.29, 0.717) is 12.5 Å². The van der Waals surface area contributed by atoms with Crippen molar-refractivity contribution in [3.63, 3.8) is 0 Å². The van der Waals surface area contributed by atoms with Crippen molar-refractivity contribution in [3.05, 3.63) is 42.6 Å². The number of hydrogen-bond donors (Lipinski definition) is 3. The van der Waals surface area contributed by atoms with E-state index in [1.165, 1.54) is 0 Å². The van der Waals surface area contributed by atoms with Crippen LogP contribution in [0.5, 0.6) is 11.5 Å². The van der Waals surface area contributed by atoms with Gasteiger partial charge in [0.05, 0.1) is 23.7 Å². The van der Waals surface area contributed by atoms with E-state index in [9.17, 15) is 5.11 Å². The molecule has 0 unspecified atom stereocenters. The van der Waals surface area contributed by atoms with Gasteiger partial charge in [-0.05, 0) is 48.4 Å². The van der Waals surface area contributed by atoms with Crippen LogP contribution in [-0.2, 0) is 0 Å². The Morgan fingerprint density at radius 1 is 1.17 bits per heavy atom. The van der Waals surface area contributed by atoms with E-state index < -0.39 is 0 Å². The minimum Gasteiger partial charge on any atom is -0.508 e. The van der Waals surface area contributed by atoms with Crippen molar-refractivity contribution in [2.75, 3.05) is 19.7 Å². The molecule has 0 saturated carbocycles. The highest BCUT2D eigenvalue weighted by molar-refractivity contribution is 5.89. The number of ether oxygens (including phenoxy) is 1. The Labute approximate surface area is 134 Å². The molecule has 23 heavy (non-hydrogen) atoms. The lowest BCUT2D eigenvalue weighted by atomic mass is 10.0. The Morgan fingerprint density at radius 2 is 2.04 bits per heavy atom. The van der Waals surface area contributed by atoms with Gasteiger partial charge < -0.3 is 15.2 Å². The van der Waals surface area contributed by atoms with Crippen LogP contribution < -0.4 is 10.1 Å². The van der Waals surface area contributed by atoms with E-state index in [0.717, 1.165) is 47.3 Å². The van der Waals surface area contributed by atoms with E-state index >= 15 is 0 Å². The molecule has 2 heterocycles. The fraction of sp³-hybridized carbons (Fsp3) is 0.278. The molecule has 0 spiro atoms. The summed E-state index contributed by atoms with van der Waals surface area (Å²) in [5.74, 6) is 1.68. The van der Waals surface area contributed by atoms with Gasteiger partial charge in [-0.2, -0.15) is 5.10 Å². The zero-order valence-electron chi connectivity index (χ0n) is 12.7. The molecule has 0 amide bonds. The number of phenolic OH excluding ortho intramolecular Hbond substituents is 1. The van der Waals surface area contributed by atoms with Crippen LogP contribution in [0.2, 0.25) is 0 Å². The number of phenols is 1. The first-order chi connectivity index (χ1) is 11.3. The number of H-pyrrole nitrogens is 1. The summed E-state index contributed by atoms with van der Waals surface area (Å²) in [6.45, 7) is 2.81. The summed E-state index contributed by atoms with van der Waals surface area (Å²) in [7, 11) is 0. The summed E-state index contributed by atoms with van der Waals surface area (Å²) in [6.07, 6.45) is 2.96. The third-order valence-corrected chi connectivity index (χ3v) is 4.36. The monoisotopic (exact) mass is 309 g/mol. The first-order valence-electron chi connectivity index (χ1n) is 7.89. The van der Waals surface area contributed by atoms with Gasteiger partial charge in [0.1, 0.15) is 11.5 Å². The molecule has 2 aromatic carbocycles. The predicted molar refractivity (Wildman–Crippen MR) is 89.7 cm³/mol. The predicted octanol–water partition coefficient (Wildman–Crippen LogP) is 2.92. The minimum atomic E-state index is 0.265. The molecule has 0 aliphatic carbocycles. The standard InChI is InChI=1S/C18H19N3O2/c22-15-3-1-13(2-4-15)14-7-17-16(10-20-21-17)18(8-14)23-11-12-5-6-19-9-12/h1-4,7-8,10,12,19,22H,5-6,9,11H2,(H,20,21)/t12-/m0/s1. The third-order valence-electron chi connectivity index (χ3n) is 4.36. The van der Waals surface area contributed by atoms with Gasteiger partial charge in [0, 0.05) is 12.5 Å². The molecule has 1 atom stereocenters. The topological polar surface area (TPSA) is 70.2 Å². The molecule has 1 saturated heterocycles. The Balaban J connectivity index is 1.67. The van der Waals surface area contributed by atoms with Gasteiger partial charge in [-0.1, -0.05) is 12.1 Å². The van der Waals surface area contributed by atoms with Crippen LogP contribution in [0.3, 0.4) is 0 Å². The average molecular weight is 309 g/mol. The van der Waals surface area contributed by atoms with Gasteiger partial charge in [0.15, 0.2) is 0 Å². The van der Waals surface area contributed by atoms with Gasteiger partial charge in [0.2, 0.25) is 0 Å². The molecule has 0 bridgehead atoms. The maximum absolute atomic E-state index is 9.46. The van der Waals surface area contributed by atoms with E-state index in [-0.39, 0.29) is 5.75 Å². The fourth-order valence-electron chi connectivity index (χ4n) is 3.02. The largest absolute Gasteiger partial charge is 0.508 e. The van der Waals surface area contributed by atoms with Crippen LogP contribution >= 0.6 is 0 Å². The number of aromatic hydroxyl groups is 1. The Hall–Kier alpha value is -2.53. The van der Waals surface area contributed by atoms with Crippen molar-refractivity contribution in [3.8, 4) is 22.6 Å². The highest BCUT2D eigenvalue weighted by atomic mass is 16.5. The van der Waals surface area contributed by atoms with Gasteiger partial charge >= 0.3 is 0 Å². The molecular weight excluding hydrogens is 290 g/mol. The quantitative estimate of drug-likeness (QED) is 0.693. The maximum Gasteiger partial charge on any atom is 0.130 e. The van der Waals surface area contributed by atoms with Crippen molar-refractivity contribution in [1.29, 1.82) is 0 Å². The van der Waals surface area contributed by atoms with E-state index in [2.05, 4.69) is 21.6 Å². The fourth-order valence-corrected chi connectivity index (χ4v) is 3.02. The van der Waals surface area contributed by atoms with Gasteiger partial charge in [-0.15, -0.1) is 0 Å². The van der Waals surface area contributed by atoms with Crippen LogP contribution in [0.4, 0.5) is 0 Å². The molecule has 118 valence electrons.